The maximum absolute atomic E-state index is 8.84. The summed E-state index contributed by atoms with van der Waals surface area (Å²) in [6.07, 6.45) is 1.14. The van der Waals surface area contributed by atoms with Crippen LogP contribution in [0.15, 0.2) is 9.72 Å². The molecule has 4 heteroatoms. The third-order valence-electron chi connectivity index (χ3n) is 0.901. The van der Waals surface area contributed by atoms with E-state index in [0.717, 1.165) is 16.5 Å². The van der Waals surface area contributed by atoms with Crippen LogP contribution in [-0.4, -0.2) is 15.8 Å². The van der Waals surface area contributed by atoms with Gasteiger partial charge >= 0.3 is 0 Å². The van der Waals surface area contributed by atoms with Gasteiger partial charge < -0.3 is 5.11 Å². The van der Waals surface area contributed by atoms with E-state index in [9.17, 15) is 0 Å². The molecule has 0 aliphatic carbocycles. The van der Waals surface area contributed by atoms with Crippen molar-refractivity contribution in [1.29, 1.82) is 0 Å². The summed E-state index contributed by atoms with van der Waals surface area (Å²) in [7, 11) is 0. The van der Waals surface area contributed by atoms with Crippen LogP contribution >= 0.6 is 23.1 Å². The van der Waals surface area contributed by atoms with E-state index in [2.05, 4.69) is 11.9 Å². The highest BCUT2D eigenvalue weighted by atomic mass is 32.2. The van der Waals surface area contributed by atoms with Crippen LogP contribution in [0.4, 0.5) is 0 Å². The molecule has 0 aromatic carbocycles. The van der Waals surface area contributed by atoms with E-state index in [4.69, 9.17) is 5.11 Å². The van der Waals surface area contributed by atoms with Crippen molar-refractivity contribution in [2.24, 2.45) is 0 Å². The van der Waals surface area contributed by atoms with Crippen molar-refractivity contribution in [1.82, 2.24) is 4.98 Å². The fraction of sp³-hybridized carbons (Fsp3) is 0.500. The van der Waals surface area contributed by atoms with Gasteiger partial charge in [-0.15, -0.1) is 11.3 Å². The van der Waals surface area contributed by atoms with Crippen molar-refractivity contribution in [3.05, 3.63) is 5.38 Å². The predicted molar refractivity (Wildman–Crippen MR) is 44.8 cm³/mol. The molecule has 0 unspecified atom stereocenters. The van der Waals surface area contributed by atoms with Crippen molar-refractivity contribution >= 4 is 23.1 Å². The molecule has 10 heavy (non-hydrogen) atoms. The topological polar surface area (TPSA) is 33.1 Å². The lowest BCUT2D eigenvalue weighted by atomic mass is 10.6. The molecule has 0 radical (unpaired) electrons. The lowest BCUT2D eigenvalue weighted by Crippen LogP contribution is -1.72. The molecule has 0 aliphatic heterocycles. The smallest absolute Gasteiger partial charge is 0.222 e. The van der Waals surface area contributed by atoms with Gasteiger partial charge in [0.15, 0.2) is 4.34 Å². The second kappa shape index (κ2) is 3.83. The highest BCUT2D eigenvalue weighted by molar-refractivity contribution is 8.01. The first kappa shape index (κ1) is 7.88. The van der Waals surface area contributed by atoms with Crippen molar-refractivity contribution in [3.63, 3.8) is 0 Å². The Morgan fingerprint density at radius 2 is 2.60 bits per heavy atom. The maximum atomic E-state index is 8.84. The van der Waals surface area contributed by atoms with E-state index < -0.39 is 0 Å². The van der Waals surface area contributed by atoms with Gasteiger partial charge in [-0.25, -0.2) is 0 Å². The Kier molecular flexibility index (Phi) is 3.02. The molecule has 1 aromatic heterocycles. The summed E-state index contributed by atoms with van der Waals surface area (Å²) in [5, 5.41) is 10.5. The molecule has 1 aromatic rings. The molecule has 0 saturated carbocycles. The lowest BCUT2D eigenvalue weighted by Gasteiger charge is -1.89. The maximum Gasteiger partial charge on any atom is 0.222 e. The molecule has 0 spiro atoms. The number of thioether (sulfide) groups is 1. The van der Waals surface area contributed by atoms with Crippen molar-refractivity contribution in [2.45, 2.75) is 17.7 Å². The predicted octanol–water partition coefficient (Wildman–Crippen LogP) is 2.35. The van der Waals surface area contributed by atoms with Gasteiger partial charge in [0.05, 0.1) is 5.38 Å². The first-order valence-electron chi connectivity index (χ1n) is 3.10. The van der Waals surface area contributed by atoms with Crippen LogP contribution < -0.4 is 0 Å². The monoisotopic (exact) mass is 175 g/mol. The normalized spacial score (nSPS) is 10.1. The molecule has 1 rings (SSSR count). The van der Waals surface area contributed by atoms with Crippen LogP contribution in [0.3, 0.4) is 0 Å². The van der Waals surface area contributed by atoms with Crippen LogP contribution in [0.2, 0.25) is 0 Å². The summed E-state index contributed by atoms with van der Waals surface area (Å²) >= 11 is 3.18. The Bertz CT molecular complexity index is 199. The van der Waals surface area contributed by atoms with E-state index in [-0.39, 0.29) is 5.88 Å². The van der Waals surface area contributed by atoms with Gasteiger partial charge in [-0.05, 0) is 6.42 Å². The van der Waals surface area contributed by atoms with Gasteiger partial charge in [-0.2, -0.15) is 4.98 Å². The molecule has 0 aliphatic rings. The van der Waals surface area contributed by atoms with Gasteiger partial charge in [0.2, 0.25) is 5.88 Å². The molecule has 1 heterocycles. The first-order chi connectivity index (χ1) is 4.83. The average molecular weight is 175 g/mol. The minimum atomic E-state index is 0.142. The minimum Gasteiger partial charge on any atom is -0.493 e. The fourth-order valence-electron chi connectivity index (χ4n) is 0.505. The van der Waals surface area contributed by atoms with Crippen molar-refractivity contribution < 1.29 is 5.11 Å². The zero-order valence-electron chi connectivity index (χ0n) is 5.70. The van der Waals surface area contributed by atoms with E-state index >= 15 is 0 Å². The molecular weight excluding hydrogens is 166 g/mol. The number of rotatable bonds is 3. The summed E-state index contributed by atoms with van der Waals surface area (Å²) in [6.45, 7) is 2.13. The zero-order chi connectivity index (χ0) is 7.40. The molecular formula is C6H9NOS2. The van der Waals surface area contributed by atoms with Gasteiger partial charge in [0.1, 0.15) is 0 Å². The molecule has 0 amide bonds. The van der Waals surface area contributed by atoms with Crippen LogP contribution in [0.1, 0.15) is 13.3 Å². The zero-order valence-corrected chi connectivity index (χ0v) is 7.34. The summed E-state index contributed by atoms with van der Waals surface area (Å²) in [4.78, 5) is 3.89. The summed E-state index contributed by atoms with van der Waals surface area (Å²) < 4.78 is 0.958. The largest absolute Gasteiger partial charge is 0.493 e. The number of nitrogens with zero attached hydrogens (tertiary/aromatic N) is 1. The van der Waals surface area contributed by atoms with E-state index in [1.165, 1.54) is 11.3 Å². The molecule has 0 bridgehead atoms. The van der Waals surface area contributed by atoms with Crippen LogP contribution in [0, 0.1) is 0 Å². The highest BCUT2D eigenvalue weighted by Crippen LogP contribution is 2.25. The lowest BCUT2D eigenvalue weighted by molar-refractivity contribution is 0.454. The third-order valence-corrected chi connectivity index (χ3v) is 3.12. The first-order valence-corrected chi connectivity index (χ1v) is 4.96. The number of hydrogen-bond donors (Lipinski definition) is 1. The molecule has 0 saturated heterocycles. The molecule has 1 N–H and O–H groups in total. The van der Waals surface area contributed by atoms with Crippen molar-refractivity contribution in [2.75, 3.05) is 5.75 Å². The quantitative estimate of drug-likeness (QED) is 0.716. The summed E-state index contributed by atoms with van der Waals surface area (Å²) in [6, 6.07) is 0. The van der Waals surface area contributed by atoms with Crippen LogP contribution in [-0.2, 0) is 0 Å². The number of aromatic nitrogens is 1. The average Bonchev–Trinajstić information content (AvgIpc) is 2.31. The van der Waals surface area contributed by atoms with E-state index in [1.54, 1.807) is 17.1 Å². The molecule has 56 valence electrons. The summed E-state index contributed by atoms with van der Waals surface area (Å²) in [5.41, 5.74) is 0. The third kappa shape index (κ3) is 2.19. The van der Waals surface area contributed by atoms with E-state index in [0.29, 0.717) is 0 Å². The number of hydrogen-bond acceptors (Lipinski definition) is 4. The van der Waals surface area contributed by atoms with Gasteiger partial charge in [-0.1, -0.05) is 18.7 Å². The number of thiazole rings is 1. The molecule has 0 fully saturated rings. The summed E-state index contributed by atoms with van der Waals surface area (Å²) in [5.74, 6) is 1.22. The SMILES string of the molecule is CCCSc1nc(O)cs1. The Hall–Kier alpha value is -0.220. The second-order valence-corrected chi connectivity index (χ2v) is 4.02. The molecule has 0 atom stereocenters. The number of aromatic hydroxyl groups is 1. The second-order valence-electron chi connectivity index (χ2n) is 1.82. The van der Waals surface area contributed by atoms with Crippen molar-refractivity contribution in [3.8, 4) is 5.88 Å². The van der Waals surface area contributed by atoms with Crippen LogP contribution in [0.5, 0.6) is 5.88 Å². The fourth-order valence-corrected chi connectivity index (χ4v) is 2.11. The van der Waals surface area contributed by atoms with E-state index in [1.807, 2.05) is 0 Å². The van der Waals surface area contributed by atoms with Gasteiger partial charge in [0.25, 0.3) is 0 Å². The highest BCUT2D eigenvalue weighted by Gasteiger charge is 1.98. The minimum absolute atomic E-state index is 0.142. The Labute approximate surface area is 68.3 Å². The Morgan fingerprint density at radius 3 is 3.10 bits per heavy atom. The van der Waals surface area contributed by atoms with Crippen LogP contribution in [0.25, 0.3) is 0 Å². The standard InChI is InChI=1S/C6H9NOS2/c1-2-3-9-6-7-5(8)4-10-6/h4,8H,2-3H2,1H3. The Morgan fingerprint density at radius 1 is 1.80 bits per heavy atom. The Balaban J connectivity index is 2.42. The van der Waals surface area contributed by atoms with Gasteiger partial charge in [-0.3, -0.25) is 0 Å². The van der Waals surface area contributed by atoms with Gasteiger partial charge in [0, 0.05) is 5.75 Å². The molecule has 2 nitrogen and oxygen atoms in total.